The molecule has 0 radical (unpaired) electrons. The molecule has 3 N–H and O–H groups in total. The van der Waals surface area contributed by atoms with E-state index in [2.05, 4.69) is 6.92 Å². The topological polar surface area (TPSA) is 88.4 Å². The fourth-order valence-electron chi connectivity index (χ4n) is 4.58. The van der Waals surface area contributed by atoms with Gasteiger partial charge in [-0.2, -0.15) is 0 Å². The maximum absolute atomic E-state index is 10.1. The molecule has 0 aromatic rings. The molecule has 0 spiro atoms. The standard InChI is InChI=1S/C17H32O6/c1-12-4-5-14(13(2)10-18)17(11-19,23-20)15(12)6-7-16(3)21-8-9-22-16/h12-15,18-20H,4-11H2,1-3H3/t12-,13+,14+,15+,17+/m1/s1. The third-order valence-electron chi connectivity index (χ3n) is 6.07. The Labute approximate surface area is 138 Å². The molecule has 1 aliphatic carbocycles. The number of hydrogen-bond acceptors (Lipinski definition) is 6. The molecule has 1 saturated carbocycles. The Morgan fingerprint density at radius 3 is 2.39 bits per heavy atom. The van der Waals surface area contributed by atoms with Crippen LogP contribution in [0.15, 0.2) is 0 Å². The molecule has 0 amide bonds. The zero-order valence-electron chi connectivity index (χ0n) is 14.5. The minimum Gasteiger partial charge on any atom is -0.396 e. The lowest BCUT2D eigenvalue weighted by molar-refractivity contribution is -0.376. The number of hydrogen-bond donors (Lipinski definition) is 3. The zero-order valence-corrected chi connectivity index (χ0v) is 14.5. The zero-order chi connectivity index (χ0) is 17.1. The van der Waals surface area contributed by atoms with Crippen molar-refractivity contribution in [3.05, 3.63) is 0 Å². The second-order valence-corrected chi connectivity index (χ2v) is 7.50. The maximum Gasteiger partial charge on any atom is 0.165 e. The lowest BCUT2D eigenvalue weighted by Gasteiger charge is -2.51. The molecular weight excluding hydrogens is 300 g/mol. The van der Waals surface area contributed by atoms with Gasteiger partial charge in [0.25, 0.3) is 0 Å². The van der Waals surface area contributed by atoms with Gasteiger partial charge in [-0.3, -0.25) is 5.26 Å². The predicted octanol–water partition coefficient (Wildman–Crippen LogP) is 2.04. The molecule has 0 aromatic heterocycles. The third kappa shape index (κ3) is 3.72. The van der Waals surface area contributed by atoms with Crippen molar-refractivity contribution in [3.8, 4) is 0 Å². The van der Waals surface area contributed by atoms with Crippen molar-refractivity contribution in [2.75, 3.05) is 26.4 Å². The molecule has 1 heterocycles. The van der Waals surface area contributed by atoms with Crippen LogP contribution < -0.4 is 0 Å². The van der Waals surface area contributed by atoms with Gasteiger partial charge in [-0.25, -0.2) is 4.89 Å². The summed E-state index contributed by atoms with van der Waals surface area (Å²) in [7, 11) is 0. The molecule has 2 aliphatic rings. The lowest BCUT2D eigenvalue weighted by Crippen LogP contribution is -2.57. The number of ether oxygens (including phenoxy) is 2. The van der Waals surface area contributed by atoms with Crippen molar-refractivity contribution in [2.24, 2.45) is 23.7 Å². The van der Waals surface area contributed by atoms with Gasteiger partial charge >= 0.3 is 0 Å². The first-order valence-corrected chi connectivity index (χ1v) is 8.74. The van der Waals surface area contributed by atoms with Gasteiger partial charge in [-0.15, -0.1) is 0 Å². The van der Waals surface area contributed by atoms with Crippen LogP contribution in [-0.2, 0) is 14.4 Å². The van der Waals surface area contributed by atoms with Crippen LogP contribution in [0.2, 0.25) is 0 Å². The van der Waals surface area contributed by atoms with E-state index in [0.29, 0.717) is 25.6 Å². The Kier molecular flexibility index (Phi) is 6.44. The highest BCUT2D eigenvalue weighted by molar-refractivity contribution is 5.01. The Hall–Kier alpha value is -0.240. The highest BCUT2D eigenvalue weighted by atomic mass is 17.1. The largest absolute Gasteiger partial charge is 0.396 e. The summed E-state index contributed by atoms with van der Waals surface area (Å²) in [6, 6.07) is 0. The molecule has 23 heavy (non-hydrogen) atoms. The summed E-state index contributed by atoms with van der Waals surface area (Å²) in [6.45, 7) is 6.96. The van der Waals surface area contributed by atoms with E-state index in [1.54, 1.807) is 0 Å². The van der Waals surface area contributed by atoms with Crippen molar-refractivity contribution in [1.29, 1.82) is 0 Å². The summed E-state index contributed by atoms with van der Waals surface area (Å²) in [5.74, 6) is -0.427. The summed E-state index contributed by atoms with van der Waals surface area (Å²) < 4.78 is 11.3. The first-order valence-electron chi connectivity index (χ1n) is 8.74. The first kappa shape index (κ1) is 19.1. The summed E-state index contributed by atoms with van der Waals surface area (Å²) >= 11 is 0. The van der Waals surface area contributed by atoms with Crippen LogP contribution in [0.4, 0.5) is 0 Å². The van der Waals surface area contributed by atoms with Crippen LogP contribution in [0.3, 0.4) is 0 Å². The fourth-order valence-corrected chi connectivity index (χ4v) is 4.58. The third-order valence-corrected chi connectivity index (χ3v) is 6.07. The van der Waals surface area contributed by atoms with Gasteiger partial charge in [0.15, 0.2) is 5.79 Å². The number of rotatable bonds is 7. The quantitative estimate of drug-likeness (QED) is 0.488. The van der Waals surface area contributed by atoms with Crippen molar-refractivity contribution >= 4 is 0 Å². The summed E-state index contributed by atoms with van der Waals surface area (Å²) in [6.07, 6.45) is 3.23. The molecule has 1 aliphatic heterocycles. The van der Waals surface area contributed by atoms with E-state index in [9.17, 15) is 15.5 Å². The van der Waals surface area contributed by atoms with E-state index >= 15 is 0 Å². The average Bonchev–Trinajstić information content (AvgIpc) is 2.99. The van der Waals surface area contributed by atoms with Crippen LogP contribution in [0.25, 0.3) is 0 Å². The predicted molar refractivity (Wildman–Crippen MR) is 84.7 cm³/mol. The molecule has 1 saturated heterocycles. The summed E-state index contributed by atoms with van der Waals surface area (Å²) in [5, 5.41) is 29.3. The normalized spacial score (nSPS) is 38.6. The monoisotopic (exact) mass is 332 g/mol. The van der Waals surface area contributed by atoms with E-state index in [-0.39, 0.29) is 31.0 Å². The van der Waals surface area contributed by atoms with Crippen molar-refractivity contribution in [1.82, 2.24) is 0 Å². The summed E-state index contributed by atoms with van der Waals surface area (Å²) in [4.78, 5) is 4.95. The van der Waals surface area contributed by atoms with Crippen LogP contribution >= 0.6 is 0 Å². The van der Waals surface area contributed by atoms with E-state index in [1.807, 2.05) is 13.8 Å². The highest BCUT2D eigenvalue weighted by Gasteiger charge is 2.53. The molecule has 0 aromatic carbocycles. The molecule has 5 atom stereocenters. The van der Waals surface area contributed by atoms with E-state index < -0.39 is 11.4 Å². The molecule has 0 bridgehead atoms. The van der Waals surface area contributed by atoms with Crippen LogP contribution in [0, 0.1) is 23.7 Å². The molecule has 2 fully saturated rings. The molecule has 6 heteroatoms. The Morgan fingerprint density at radius 2 is 1.87 bits per heavy atom. The van der Waals surface area contributed by atoms with E-state index in [1.165, 1.54) is 0 Å². The van der Waals surface area contributed by atoms with Crippen LogP contribution in [0.5, 0.6) is 0 Å². The molecule has 136 valence electrons. The fraction of sp³-hybridized carbons (Fsp3) is 1.00. The smallest absolute Gasteiger partial charge is 0.165 e. The van der Waals surface area contributed by atoms with Gasteiger partial charge in [0.2, 0.25) is 0 Å². The maximum atomic E-state index is 10.1. The Balaban J connectivity index is 2.17. The second-order valence-electron chi connectivity index (χ2n) is 7.50. The van der Waals surface area contributed by atoms with E-state index in [0.717, 1.165) is 19.3 Å². The summed E-state index contributed by atoms with van der Waals surface area (Å²) in [5.41, 5.74) is -1.03. The Morgan fingerprint density at radius 1 is 1.22 bits per heavy atom. The SMILES string of the molecule is C[C@@H]1CC[C@@H]([C@@H](C)CO)[C@](CO)(OO)[C@H]1CCC1(C)OCCO1. The van der Waals surface area contributed by atoms with Crippen molar-refractivity contribution in [2.45, 2.75) is 57.8 Å². The molecule has 6 nitrogen and oxygen atoms in total. The molecule has 0 unspecified atom stereocenters. The minimum atomic E-state index is -1.03. The Bertz CT molecular complexity index is 364. The van der Waals surface area contributed by atoms with Gasteiger partial charge < -0.3 is 19.7 Å². The molecule has 2 rings (SSSR count). The average molecular weight is 332 g/mol. The highest BCUT2D eigenvalue weighted by Crippen LogP contribution is 2.49. The van der Waals surface area contributed by atoms with Gasteiger partial charge in [0.1, 0.15) is 5.60 Å². The van der Waals surface area contributed by atoms with Gasteiger partial charge in [-0.05, 0) is 49.9 Å². The van der Waals surface area contributed by atoms with E-state index in [4.69, 9.17) is 14.4 Å². The van der Waals surface area contributed by atoms with Gasteiger partial charge in [0, 0.05) is 13.0 Å². The van der Waals surface area contributed by atoms with Crippen molar-refractivity contribution < 1.29 is 29.8 Å². The minimum absolute atomic E-state index is 0.0147. The number of aliphatic hydroxyl groups excluding tert-OH is 2. The second kappa shape index (κ2) is 7.76. The first-order chi connectivity index (χ1) is 10.9. The van der Waals surface area contributed by atoms with Crippen molar-refractivity contribution in [3.63, 3.8) is 0 Å². The van der Waals surface area contributed by atoms with Gasteiger partial charge in [-0.1, -0.05) is 13.8 Å². The van der Waals surface area contributed by atoms with Gasteiger partial charge in [0.05, 0.1) is 19.8 Å². The van der Waals surface area contributed by atoms with Crippen LogP contribution in [-0.4, -0.2) is 53.3 Å². The molecular formula is C17H32O6. The van der Waals surface area contributed by atoms with Crippen LogP contribution in [0.1, 0.15) is 46.5 Å². The lowest BCUT2D eigenvalue weighted by atomic mass is 9.59. The number of aliphatic hydroxyl groups is 2.